The second-order valence-corrected chi connectivity index (χ2v) is 7.91. The molecule has 3 aromatic rings. The van der Waals surface area contributed by atoms with Crippen molar-refractivity contribution in [2.45, 2.75) is 30.8 Å². The molecular formula is C21H25N5O2S. The summed E-state index contributed by atoms with van der Waals surface area (Å²) in [5, 5.41) is 15.2. The molecule has 0 fully saturated rings. The number of rotatable bonds is 8. The molecule has 0 unspecified atom stereocenters. The summed E-state index contributed by atoms with van der Waals surface area (Å²) in [5.74, 6) is 1.53. The van der Waals surface area contributed by atoms with Gasteiger partial charge in [-0.15, -0.1) is 10.2 Å². The number of aryl methyl sites for hydroxylation is 1. The number of nitrogens with zero attached hydrogens (tertiary/aromatic N) is 3. The van der Waals surface area contributed by atoms with Gasteiger partial charge >= 0.3 is 0 Å². The molecule has 0 aliphatic rings. The van der Waals surface area contributed by atoms with Crippen LogP contribution in [0, 0.1) is 6.92 Å². The zero-order valence-corrected chi connectivity index (χ0v) is 17.8. The highest BCUT2D eigenvalue weighted by Gasteiger charge is 2.19. The molecule has 2 N–H and O–H groups in total. The quantitative estimate of drug-likeness (QED) is 0.548. The molecule has 0 aliphatic heterocycles. The van der Waals surface area contributed by atoms with Gasteiger partial charge < -0.3 is 19.9 Å². The molecule has 1 amide bonds. The Kier molecular flexibility index (Phi) is 6.77. The molecule has 2 aromatic carbocycles. The van der Waals surface area contributed by atoms with Crippen LogP contribution in [0.5, 0.6) is 5.75 Å². The Labute approximate surface area is 174 Å². The van der Waals surface area contributed by atoms with E-state index in [1.165, 1.54) is 11.8 Å². The van der Waals surface area contributed by atoms with E-state index < -0.39 is 0 Å². The summed E-state index contributed by atoms with van der Waals surface area (Å²) in [6, 6.07) is 15.4. The van der Waals surface area contributed by atoms with Gasteiger partial charge in [-0.1, -0.05) is 30.0 Å². The third-order valence-corrected chi connectivity index (χ3v) is 5.65. The summed E-state index contributed by atoms with van der Waals surface area (Å²) in [6.07, 6.45) is 0. The van der Waals surface area contributed by atoms with Crippen LogP contribution in [0.15, 0.2) is 53.7 Å². The largest absolute Gasteiger partial charge is 0.497 e. The Morgan fingerprint density at radius 3 is 2.59 bits per heavy atom. The number of amides is 1. The van der Waals surface area contributed by atoms with Crippen molar-refractivity contribution in [2.24, 2.45) is 7.05 Å². The van der Waals surface area contributed by atoms with Crippen LogP contribution in [0.4, 0.5) is 11.4 Å². The number of carbonyl (C=O) groups is 1. The maximum Gasteiger partial charge on any atom is 0.237 e. The molecule has 0 saturated heterocycles. The van der Waals surface area contributed by atoms with E-state index in [1.54, 1.807) is 7.11 Å². The zero-order chi connectivity index (χ0) is 20.8. The van der Waals surface area contributed by atoms with Crippen molar-refractivity contribution >= 4 is 29.0 Å². The van der Waals surface area contributed by atoms with Crippen LogP contribution in [-0.2, 0) is 18.4 Å². The maximum atomic E-state index is 12.5. The molecule has 1 atom stereocenters. The number of methoxy groups -OCH3 is 1. The van der Waals surface area contributed by atoms with E-state index in [1.807, 2.05) is 74.0 Å². The highest BCUT2D eigenvalue weighted by molar-refractivity contribution is 8.00. The van der Waals surface area contributed by atoms with Crippen LogP contribution >= 0.6 is 11.8 Å². The van der Waals surface area contributed by atoms with Crippen LogP contribution in [0.25, 0.3) is 0 Å². The molecule has 3 rings (SSSR count). The van der Waals surface area contributed by atoms with Gasteiger partial charge in [0.1, 0.15) is 5.75 Å². The van der Waals surface area contributed by atoms with Crippen LogP contribution in [0.1, 0.15) is 18.3 Å². The van der Waals surface area contributed by atoms with Crippen LogP contribution in [0.2, 0.25) is 0 Å². The fourth-order valence-corrected chi connectivity index (χ4v) is 3.48. The Balaban J connectivity index is 1.58. The lowest BCUT2D eigenvalue weighted by Crippen LogP contribution is -2.23. The van der Waals surface area contributed by atoms with Crippen molar-refractivity contribution < 1.29 is 9.53 Å². The molecule has 7 nitrogen and oxygen atoms in total. The number of para-hydroxylation sites is 1. The summed E-state index contributed by atoms with van der Waals surface area (Å²) >= 11 is 1.38. The molecule has 0 radical (unpaired) electrons. The maximum absolute atomic E-state index is 12.5. The van der Waals surface area contributed by atoms with Crippen LogP contribution in [0.3, 0.4) is 0 Å². The van der Waals surface area contributed by atoms with Crippen LogP contribution in [-0.4, -0.2) is 33.0 Å². The molecule has 152 valence electrons. The fraction of sp³-hybridized carbons (Fsp3) is 0.286. The number of hydrogen-bond acceptors (Lipinski definition) is 6. The lowest BCUT2D eigenvalue weighted by molar-refractivity contribution is -0.115. The molecule has 8 heteroatoms. The number of ether oxygens (including phenoxy) is 1. The number of thioether (sulfide) groups is 1. The van der Waals surface area contributed by atoms with Gasteiger partial charge in [0, 0.05) is 18.4 Å². The summed E-state index contributed by atoms with van der Waals surface area (Å²) in [7, 11) is 3.54. The minimum absolute atomic E-state index is 0.0646. The molecule has 0 aliphatic carbocycles. The van der Waals surface area contributed by atoms with E-state index >= 15 is 0 Å². The molecule has 1 heterocycles. The highest BCUT2D eigenvalue weighted by atomic mass is 32.2. The Morgan fingerprint density at radius 1 is 1.17 bits per heavy atom. The lowest BCUT2D eigenvalue weighted by atomic mass is 10.2. The molecular weight excluding hydrogens is 386 g/mol. The van der Waals surface area contributed by atoms with E-state index in [2.05, 4.69) is 20.8 Å². The van der Waals surface area contributed by atoms with E-state index in [-0.39, 0.29) is 11.2 Å². The number of aromatic nitrogens is 3. The fourth-order valence-electron chi connectivity index (χ4n) is 2.65. The summed E-state index contributed by atoms with van der Waals surface area (Å²) in [6.45, 7) is 4.36. The van der Waals surface area contributed by atoms with E-state index in [0.29, 0.717) is 11.7 Å². The normalized spacial score (nSPS) is 11.7. The van der Waals surface area contributed by atoms with Gasteiger partial charge in [0.25, 0.3) is 0 Å². The number of anilines is 2. The summed E-state index contributed by atoms with van der Waals surface area (Å²) in [4.78, 5) is 12.5. The first kappa shape index (κ1) is 20.7. The van der Waals surface area contributed by atoms with Crippen LogP contribution < -0.4 is 15.4 Å². The van der Waals surface area contributed by atoms with E-state index in [9.17, 15) is 4.79 Å². The average Bonchev–Trinajstić information content (AvgIpc) is 3.07. The molecule has 0 bridgehead atoms. The number of nitrogens with one attached hydrogen (secondary N) is 2. The van der Waals surface area contributed by atoms with Gasteiger partial charge in [-0.2, -0.15) is 0 Å². The summed E-state index contributed by atoms with van der Waals surface area (Å²) < 4.78 is 7.07. The third-order valence-electron chi connectivity index (χ3n) is 4.52. The Morgan fingerprint density at radius 2 is 1.90 bits per heavy atom. The zero-order valence-electron chi connectivity index (χ0n) is 17.0. The third kappa shape index (κ3) is 5.29. The Hall–Kier alpha value is -3.00. The average molecular weight is 412 g/mol. The second-order valence-electron chi connectivity index (χ2n) is 6.60. The topological polar surface area (TPSA) is 81.1 Å². The predicted octanol–water partition coefficient (Wildman–Crippen LogP) is 3.86. The van der Waals surface area contributed by atoms with Crippen molar-refractivity contribution in [1.82, 2.24) is 14.8 Å². The minimum Gasteiger partial charge on any atom is -0.497 e. The molecule has 29 heavy (non-hydrogen) atoms. The smallest absolute Gasteiger partial charge is 0.237 e. The first-order valence-corrected chi connectivity index (χ1v) is 10.1. The Bertz CT molecular complexity index is 971. The molecule has 1 aromatic heterocycles. The monoisotopic (exact) mass is 411 g/mol. The molecule has 0 spiro atoms. The number of benzene rings is 2. The number of hydrogen-bond donors (Lipinski definition) is 2. The second kappa shape index (κ2) is 9.47. The van der Waals surface area contributed by atoms with E-state index in [0.717, 1.165) is 28.5 Å². The number of carbonyl (C=O) groups excluding carboxylic acids is 1. The minimum atomic E-state index is -0.306. The predicted molar refractivity (Wildman–Crippen MR) is 116 cm³/mol. The molecule has 0 saturated carbocycles. The van der Waals surface area contributed by atoms with Gasteiger partial charge in [0.05, 0.1) is 18.9 Å². The van der Waals surface area contributed by atoms with Gasteiger partial charge in [0.15, 0.2) is 11.0 Å². The van der Waals surface area contributed by atoms with Crippen molar-refractivity contribution in [3.63, 3.8) is 0 Å². The van der Waals surface area contributed by atoms with Gasteiger partial charge in [-0.05, 0) is 49.7 Å². The lowest BCUT2D eigenvalue weighted by Gasteiger charge is -2.13. The summed E-state index contributed by atoms with van der Waals surface area (Å²) in [5.41, 5.74) is 2.82. The SMILES string of the molecule is COc1ccc(NCc2nnc(S[C@@H](C)C(=O)Nc3ccccc3C)n2C)cc1. The standard InChI is InChI=1S/C21H25N5O2S/c1-14-7-5-6-8-18(14)23-20(27)15(2)29-21-25-24-19(26(21)3)13-22-16-9-11-17(28-4)12-10-16/h5-12,15,22H,13H2,1-4H3,(H,23,27)/t15-/m0/s1. The van der Waals surface area contributed by atoms with E-state index in [4.69, 9.17) is 4.74 Å². The van der Waals surface area contributed by atoms with Gasteiger partial charge in [-0.3, -0.25) is 4.79 Å². The van der Waals surface area contributed by atoms with Crippen molar-refractivity contribution in [1.29, 1.82) is 0 Å². The van der Waals surface area contributed by atoms with Crippen molar-refractivity contribution in [2.75, 3.05) is 17.7 Å². The van der Waals surface area contributed by atoms with Crippen molar-refractivity contribution in [3.05, 3.63) is 59.9 Å². The highest BCUT2D eigenvalue weighted by Crippen LogP contribution is 2.24. The van der Waals surface area contributed by atoms with Gasteiger partial charge in [-0.25, -0.2) is 0 Å². The first-order chi connectivity index (χ1) is 14.0. The van der Waals surface area contributed by atoms with Crippen molar-refractivity contribution in [3.8, 4) is 5.75 Å². The van der Waals surface area contributed by atoms with Gasteiger partial charge in [0.2, 0.25) is 5.91 Å². The first-order valence-electron chi connectivity index (χ1n) is 9.27.